The van der Waals surface area contributed by atoms with Crippen molar-refractivity contribution in [2.75, 3.05) is 20.2 Å². The van der Waals surface area contributed by atoms with Crippen LogP contribution in [0.2, 0.25) is 0 Å². The Morgan fingerprint density at radius 3 is 2.84 bits per heavy atom. The van der Waals surface area contributed by atoms with Crippen molar-refractivity contribution in [1.82, 2.24) is 9.88 Å². The molecule has 2 fully saturated rings. The Morgan fingerprint density at radius 2 is 2.11 bits per heavy atom. The van der Waals surface area contributed by atoms with E-state index in [1.807, 2.05) is 12.4 Å². The molecule has 19 heavy (non-hydrogen) atoms. The van der Waals surface area contributed by atoms with Crippen LogP contribution >= 0.6 is 0 Å². The van der Waals surface area contributed by atoms with Gasteiger partial charge in [0.2, 0.25) is 0 Å². The van der Waals surface area contributed by atoms with Crippen LogP contribution in [0.5, 0.6) is 0 Å². The fraction of sp³-hybridized carbons (Fsp3) is 0.688. The second kappa shape index (κ2) is 4.88. The Balaban J connectivity index is 1.60. The van der Waals surface area contributed by atoms with Crippen LogP contribution in [0.3, 0.4) is 0 Å². The fourth-order valence-corrected chi connectivity index (χ4v) is 4.19. The van der Waals surface area contributed by atoms with Crippen molar-refractivity contribution in [2.45, 2.75) is 38.8 Å². The van der Waals surface area contributed by atoms with Gasteiger partial charge >= 0.3 is 0 Å². The molecule has 3 heteroatoms. The lowest BCUT2D eigenvalue weighted by Crippen LogP contribution is -2.66. The molecule has 0 N–H and O–H groups in total. The van der Waals surface area contributed by atoms with Gasteiger partial charge in [-0.05, 0) is 37.6 Å². The molecule has 1 saturated carbocycles. The highest BCUT2D eigenvalue weighted by atomic mass is 16.5. The molecule has 1 aromatic heterocycles. The van der Waals surface area contributed by atoms with Crippen LogP contribution in [0, 0.1) is 11.3 Å². The highest BCUT2D eigenvalue weighted by Crippen LogP contribution is 2.54. The van der Waals surface area contributed by atoms with Crippen molar-refractivity contribution in [1.29, 1.82) is 0 Å². The van der Waals surface area contributed by atoms with E-state index < -0.39 is 0 Å². The fourth-order valence-electron chi connectivity index (χ4n) is 4.19. The molecule has 0 bridgehead atoms. The third-order valence-electron chi connectivity index (χ3n) is 5.02. The van der Waals surface area contributed by atoms with E-state index in [4.69, 9.17) is 4.74 Å². The number of hydrogen-bond donors (Lipinski definition) is 0. The zero-order valence-corrected chi connectivity index (χ0v) is 12.2. The van der Waals surface area contributed by atoms with E-state index in [1.165, 1.54) is 12.0 Å². The van der Waals surface area contributed by atoms with E-state index in [-0.39, 0.29) is 0 Å². The van der Waals surface area contributed by atoms with Crippen molar-refractivity contribution < 1.29 is 4.74 Å². The molecule has 1 aromatic rings. The lowest BCUT2D eigenvalue weighted by molar-refractivity contribution is -0.149. The number of fused-ring (bicyclic) bond motifs is 1. The first-order valence-electron chi connectivity index (χ1n) is 7.31. The van der Waals surface area contributed by atoms with Gasteiger partial charge < -0.3 is 9.64 Å². The first-order chi connectivity index (χ1) is 9.10. The average molecular weight is 260 g/mol. The van der Waals surface area contributed by atoms with Gasteiger partial charge in [-0.15, -0.1) is 0 Å². The second-order valence-electron chi connectivity index (χ2n) is 6.60. The van der Waals surface area contributed by atoms with Gasteiger partial charge in [0.25, 0.3) is 0 Å². The van der Waals surface area contributed by atoms with Crippen molar-refractivity contribution in [3.8, 4) is 0 Å². The summed E-state index contributed by atoms with van der Waals surface area (Å²) < 4.78 is 5.88. The van der Waals surface area contributed by atoms with Crippen LogP contribution in [0.4, 0.5) is 0 Å². The number of rotatable bonds is 4. The number of pyridine rings is 1. The van der Waals surface area contributed by atoms with Gasteiger partial charge in [-0.3, -0.25) is 4.98 Å². The predicted molar refractivity (Wildman–Crippen MR) is 76.0 cm³/mol. The van der Waals surface area contributed by atoms with Gasteiger partial charge in [0.1, 0.15) is 0 Å². The summed E-state index contributed by atoms with van der Waals surface area (Å²) in [4.78, 5) is 6.61. The largest absolute Gasteiger partial charge is 0.377 e. The summed E-state index contributed by atoms with van der Waals surface area (Å²) in [6.07, 6.45) is 6.58. The number of nitrogens with zero attached hydrogens (tertiary/aromatic N) is 2. The molecule has 0 amide bonds. The Kier molecular flexibility index (Phi) is 3.35. The van der Waals surface area contributed by atoms with Crippen LogP contribution in [0.15, 0.2) is 24.5 Å². The molecule has 0 unspecified atom stereocenters. The molecular weight excluding hydrogens is 236 g/mol. The van der Waals surface area contributed by atoms with Crippen molar-refractivity contribution in [3.63, 3.8) is 0 Å². The number of likely N-dealkylation sites (N-methyl/N-ethyl adjacent to an activating group) is 1. The summed E-state index contributed by atoms with van der Waals surface area (Å²) in [5.74, 6) is 0.748. The maximum Gasteiger partial charge on any atom is 0.0685 e. The summed E-state index contributed by atoms with van der Waals surface area (Å²) in [7, 11) is 2.27. The first kappa shape index (κ1) is 13.1. The second-order valence-corrected chi connectivity index (χ2v) is 6.60. The number of aromatic nitrogens is 1. The molecule has 1 saturated heterocycles. The molecule has 3 nitrogen and oxygen atoms in total. The number of hydrogen-bond acceptors (Lipinski definition) is 3. The number of ether oxygens (including phenoxy) is 1. The van der Waals surface area contributed by atoms with Crippen molar-refractivity contribution in [3.05, 3.63) is 30.1 Å². The van der Waals surface area contributed by atoms with Gasteiger partial charge in [-0.25, -0.2) is 0 Å². The third-order valence-corrected chi connectivity index (χ3v) is 5.02. The lowest BCUT2D eigenvalue weighted by Gasteiger charge is -2.58. The molecular formula is C16H24N2O. The van der Waals surface area contributed by atoms with E-state index >= 15 is 0 Å². The van der Waals surface area contributed by atoms with E-state index in [0.29, 0.717) is 17.6 Å². The third kappa shape index (κ3) is 2.19. The molecule has 1 aliphatic carbocycles. The lowest BCUT2D eigenvalue weighted by atomic mass is 9.57. The topological polar surface area (TPSA) is 25.4 Å². The molecule has 2 heterocycles. The summed E-state index contributed by atoms with van der Waals surface area (Å²) >= 11 is 0. The highest BCUT2D eigenvalue weighted by Gasteiger charge is 2.60. The SMILES string of the molecule is CN(CCc1ccncc1)[C@@H]1[C@@H]2CCO[C@H]2C1(C)C. The summed E-state index contributed by atoms with van der Waals surface area (Å²) in [5.41, 5.74) is 1.67. The molecule has 1 aliphatic heterocycles. The summed E-state index contributed by atoms with van der Waals surface area (Å²) in [6, 6.07) is 4.89. The van der Waals surface area contributed by atoms with Gasteiger partial charge in [0, 0.05) is 42.9 Å². The predicted octanol–water partition coefficient (Wildman–Crippen LogP) is 2.37. The zero-order valence-electron chi connectivity index (χ0n) is 12.2. The summed E-state index contributed by atoms with van der Waals surface area (Å²) in [5, 5.41) is 0. The Hall–Kier alpha value is -0.930. The Labute approximate surface area is 116 Å². The van der Waals surface area contributed by atoms with Gasteiger partial charge in [0.05, 0.1) is 6.10 Å². The van der Waals surface area contributed by atoms with Crippen molar-refractivity contribution in [2.24, 2.45) is 11.3 Å². The molecule has 0 spiro atoms. The van der Waals surface area contributed by atoms with Gasteiger partial charge in [-0.2, -0.15) is 0 Å². The minimum atomic E-state index is 0.300. The minimum absolute atomic E-state index is 0.300. The normalized spacial score (nSPS) is 32.1. The highest BCUT2D eigenvalue weighted by molar-refractivity contribution is 5.13. The molecule has 0 aromatic carbocycles. The van der Waals surface area contributed by atoms with E-state index in [9.17, 15) is 0 Å². The maximum absolute atomic E-state index is 5.88. The van der Waals surface area contributed by atoms with Crippen LogP contribution in [0.1, 0.15) is 25.8 Å². The van der Waals surface area contributed by atoms with Crippen LogP contribution in [-0.2, 0) is 11.2 Å². The van der Waals surface area contributed by atoms with Gasteiger partial charge in [0.15, 0.2) is 0 Å². The van der Waals surface area contributed by atoms with Crippen LogP contribution < -0.4 is 0 Å². The molecule has 2 aliphatic rings. The Morgan fingerprint density at radius 1 is 1.37 bits per heavy atom. The Bertz CT molecular complexity index is 432. The van der Waals surface area contributed by atoms with Crippen LogP contribution in [-0.4, -0.2) is 42.2 Å². The maximum atomic E-state index is 5.88. The molecule has 3 rings (SSSR count). The average Bonchev–Trinajstić information content (AvgIpc) is 2.83. The van der Waals surface area contributed by atoms with Gasteiger partial charge in [-0.1, -0.05) is 13.8 Å². The van der Waals surface area contributed by atoms with E-state index in [2.05, 4.69) is 42.9 Å². The zero-order chi connectivity index (χ0) is 13.5. The smallest absolute Gasteiger partial charge is 0.0685 e. The van der Waals surface area contributed by atoms with E-state index in [1.54, 1.807) is 0 Å². The minimum Gasteiger partial charge on any atom is -0.377 e. The molecule has 0 radical (unpaired) electrons. The molecule has 3 atom stereocenters. The molecule has 104 valence electrons. The summed E-state index contributed by atoms with van der Waals surface area (Å²) in [6.45, 7) is 6.77. The standard InChI is InChI=1S/C16H24N2O/c1-16(2)14(13-7-11-19-15(13)16)18(3)10-6-12-4-8-17-9-5-12/h4-5,8-9,13-15H,6-7,10-11H2,1-3H3/t13-,14+,15+/m0/s1. The van der Waals surface area contributed by atoms with Crippen LogP contribution in [0.25, 0.3) is 0 Å². The monoisotopic (exact) mass is 260 g/mol. The van der Waals surface area contributed by atoms with E-state index in [0.717, 1.165) is 25.5 Å². The quantitative estimate of drug-likeness (QED) is 0.831. The first-order valence-corrected chi connectivity index (χ1v) is 7.31. The van der Waals surface area contributed by atoms with Crippen molar-refractivity contribution >= 4 is 0 Å².